The van der Waals surface area contributed by atoms with E-state index in [0.29, 0.717) is 6.61 Å². The van der Waals surface area contributed by atoms with Crippen molar-refractivity contribution in [2.75, 3.05) is 0 Å². The quantitative estimate of drug-likeness (QED) is 0.772. The van der Waals surface area contributed by atoms with E-state index >= 15 is 0 Å². The third-order valence-electron chi connectivity index (χ3n) is 3.84. The molecule has 0 amide bonds. The van der Waals surface area contributed by atoms with E-state index in [-0.39, 0.29) is 5.04 Å². The maximum Gasteiger partial charge on any atom is 0.192 e. The van der Waals surface area contributed by atoms with Crippen molar-refractivity contribution >= 4 is 19.3 Å². The number of hydrogen-bond donors (Lipinski definition) is 0. The van der Waals surface area contributed by atoms with Crippen LogP contribution >= 0.6 is 0 Å². The highest BCUT2D eigenvalue weighted by Gasteiger charge is 2.37. The third kappa shape index (κ3) is 2.49. The van der Waals surface area contributed by atoms with Crippen molar-refractivity contribution in [2.24, 2.45) is 0 Å². The zero-order valence-corrected chi connectivity index (χ0v) is 12.8. The Hall–Kier alpha value is -1.13. The van der Waals surface area contributed by atoms with Crippen molar-refractivity contribution in [1.29, 1.82) is 0 Å². The molecule has 0 aliphatic carbocycles. The summed E-state index contributed by atoms with van der Waals surface area (Å²) in [6, 6.07) is 3.83. The third-order valence-corrected chi connectivity index (χ3v) is 8.32. The lowest BCUT2D eigenvalue weighted by molar-refractivity contribution is 0.273. The smallest absolute Gasteiger partial charge is 0.192 e. The minimum absolute atomic E-state index is 0.220. The zero-order chi connectivity index (χ0) is 13.4. The van der Waals surface area contributed by atoms with Gasteiger partial charge < -0.3 is 8.84 Å². The minimum Gasteiger partial charge on any atom is -0.464 e. The summed E-state index contributed by atoms with van der Waals surface area (Å²) in [6.45, 7) is 11.8. The van der Waals surface area contributed by atoms with E-state index < -0.39 is 8.32 Å². The molecule has 2 aromatic heterocycles. The topological polar surface area (TPSA) is 35.3 Å². The fourth-order valence-corrected chi connectivity index (χ4v) is 2.46. The molecule has 18 heavy (non-hydrogen) atoms. The lowest BCUT2D eigenvalue weighted by atomic mass is 10.2. The molecule has 0 spiro atoms. The molecule has 4 heteroatoms. The molecule has 0 radical (unpaired) electrons. The first-order valence-corrected chi connectivity index (χ1v) is 9.17. The van der Waals surface area contributed by atoms with Crippen LogP contribution in [0.1, 0.15) is 26.5 Å². The first-order valence-electron chi connectivity index (χ1n) is 6.26. The highest BCUT2D eigenvalue weighted by molar-refractivity contribution is 6.74. The summed E-state index contributed by atoms with van der Waals surface area (Å²) in [7, 11) is -1.73. The Morgan fingerprint density at radius 3 is 2.67 bits per heavy atom. The standard InChI is InChI=1S/C14H21NO2Si/c1-14(2,3)18(4,5)17-10-12-11-7-9-16-13(11)6-8-15-12/h6-9H,10H2,1-5H3. The van der Waals surface area contributed by atoms with Crippen LogP contribution in [0, 0.1) is 0 Å². The van der Waals surface area contributed by atoms with E-state index in [0.717, 1.165) is 16.7 Å². The molecule has 0 fully saturated rings. The lowest BCUT2D eigenvalue weighted by Crippen LogP contribution is -2.40. The molecule has 0 aliphatic heterocycles. The largest absolute Gasteiger partial charge is 0.464 e. The summed E-state index contributed by atoms with van der Waals surface area (Å²) < 4.78 is 11.6. The molecule has 2 aromatic rings. The predicted molar refractivity (Wildman–Crippen MR) is 76.0 cm³/mol. The van der Waals surface area contributed by atoms with Crippen LogP contribution in [-0.4, -0.2) is 13.3 Å². The Labute approximate surface area is 109 Å². The normalized spacial score (nSPS) is 13.2. The molecule has 0 unspecified atom stereocenters. The molecule has 0 saturated heterocycles. The minimum atomic E-state index is -1.73. The summed E-state index contributed by atoms with van der Waals surface area (Å²) in [6.07, 6.45) is 3.47. The van der Waals surface area contributed by atoms with Crippen molar-refractivity contribution in [2.45, 2.75) is 45.5 Å². The van der Waals surface area contributed by atoms with E-state index in [1.165, 1.54) is 0 Å². The van der Waals surface area contributed by atoms with Gasteiger partial charge in [0.05, 0.1) is 18.6 Å². The molecule has 2 heterocycles. The Morgan fingerprint density at radius 1 is 1.28 bits per heavy atom. The van der Waals surface area contributed by atoms with Gasteiger partial charge in [-0.05, 0) is 30.3 Å². The second kappa shape index (κ2) is 4.52. The number of pyridine rings is 1. The van der Waals surface area contributed by atoms with Gasteiger partial charge in [-0.1, -0.05) is 20.8 Å². The maximum atomic E-state index is 6.19. The summed E-state index contributed by atoms with van der Waals surface area (Å²) >= 11 is 0. The molecule has 0 aliphatic rings. The fraction of sp³-hybridized carbons (Fsp3) is 0.500. The summed E-state index contributed by atoms with van der Waals surface area (Å²) in [5.41, 5.74) is 1.84. The van der Waals surface area contributed by atoms with E-state index in [2.05, 4.69) is 38.8 Å². The van der Waals surface area contributed by atoms with E-state index in [1.54, 1.807) is 12.5 Å². The zero-order valence-electron chi connectivity index (χ0n) is 11.8. The second-order valence-electron chi connectivity index (χ2n) is 6.14. The van der Waals surface area contributed by atoms with Gasteiger partial charge in [0.15, 0.2) is 8.32 Å². The van der Waals surface area contributed by atoms with Crippen molar-refractivity contribution in [1.82, 2.24) is 4.98 Å². The van der Waals surface area contributed by atoms with Crippen molar-refractivity contribution in [3.05, 3.63) is 30.3 Å². The van der Waals surface area contributed by atoms with Gasteiger partial charge in [-0.3, -0.25) is 4.98 Å². The van der Waals surface area contributed by atoms with E-state index in [1.807, 2.05) is 12.1 Å². The molecule has 0 bridgehead atoms. The molecule has 0 atom stereocenters. The highest BCUT2D eigenvalue weighted by Crippen LogP contribution is 2.37. The van der Waals surface area contributed by atoms with Crippen molar-refractivity contribution in [3.63, 3.8) is 0 Å². The van der Waals surface area contributed by atoms with Crippen LogP contribution in [0.5, 0.6) is 0 Å². The number of fused-ring (bicyclic) bond motifs is 1. The molecule has 2 rings (SSSR count). The molecule has 0 N–H and O–H groups in total. The Bertz CT molecular complexity index is 540. The number of rotatable bonds is 3. The first kappa shape index (κ1) is 13.3. The van der Waals surface area contributed by atoms with Gasteiger partial charge >= 0.3 is 0 Å². The van der Waals surface area contributed by atoms with Crippen LogP contribution < -0.4 is 0 Å². The van der Waals surface area contributed by atoms with Crippen molar-refractivity contribution < 1.29 is 8.84 Å². The maximum absolute atomic E-state index is 6.19. The van der Waals surface area contributed by atoms with Gasteiger partial charge in [-0.25, -0.2) is 0 Å². The Kier molecular flexibility index (Phi) is 3.34. The van der Waals surface area contributed by atoms with Crippen LogP contribution in [0.2, 0.25) is 18.1 Å². The van der Waals surface area contributed by atoms with Crippen LogP contribution in [0.25, 0.3) is 11.0 Å². The number of aromatic nitrogens is 1. The molecule has 3 nitrogen and oxygen atoms in total. The summed E-state index contributed by atoms with van der Waals surface area (Å²) in [5.74, 6) is 0. The van der Waals surface area contributed by atoms with E-state index in [4.69, 9.17) is 8.84 Å². The Morgan fingerprint density at radius 2 is 2.00 bits per heavy atom. The molecule has 0 saturated carbocycles. The monoisotopic (exact) mass is 263 g/mol. The van der Waals surface area contributed by atoms with Gasteiger partial charge in [-0.2, -0.15) is 0 Å². The average molecular weight is 263 g/mol. The van der Waals surface area contributed by atoms with Crippen molar-refractivity contribution in [3.8, 4) is 0 Å². The van der Waals surface area contributed by atoms with Gasteiger partial charge in [0.2, 0.25) is 0 Å². The second-order valence-corrected chi connectivity index (χ2v) is 10.9. The number of nitrogens with zero attached hydrogens (tertiary/aromatic N) is 1. The van der Waals surface area contributed by atoms with Crippen LogP contribution in [0.4, 0.5) is 0 Å². The van der Waals surface area contributed by atoms with Gasteiger partial charge in [-0.15, -0.1) is 0 Å². The number of furan rings is 1. The molecular weight excluding hydrogens is 242 g/mol. The van der Waals surface area contributed by atoms with Gasteiger partial charge in [0, 0.05) is 11.6 Å². The number of hydrogen-bond acceptors (Lipinski definition) is 3. The Balaban J connectivity index is 2.18. The van der Waals surface area contributed by atoms with Crippen LogP contribution in [0.15, 0.2) is 29.0 Å². The highest BCUT2D eigenvalue weighted by atomic mass is 28.4. The lowest BCUT2D eigenvalue weighted by Gasteiger charge is -2.36. The van der Waals surface area contributed by atoms with Crippen LogP contribution in [-0.2, 0) is 11.0 Å². The SMILES string of the molecule is CC(C)(C)[Si](C)(C)OCc1nccc2occc12. The van der Waals surface area contributed by atoms with Gasteiger partial charge in [0.25, 0.3) is 0 Å². The molecule has 98 valence electrons. The van der Waals surface area contributed by atoms with Crippen LogP contribution in [0.3, 0.4) is 0 Å². The fourth-order valence-electron chi connectivity index (χ4n) is 1.53. The summed E-state index contributed by atoms with van der Waals surface area (Å²) in [5, 5.41) is 1.27. The molecule has 0 aromatic carbocycles. The van der Waals surface area contributed by atoms with Gasteiger partial charge in [0.1, 0.15) is 5.58 Å². The summed E-state index contributed by atoms with van der Waals surface area (Å²) in [4.78, 5) is 4.40. The first-order chi connectivity index (χ1) is 8.31. The predicted octanol–water partition coefficient (Wildman–Crippen LogP) is 4.35. The molecular formula is C14H21NO2Si. The average Bonchev–Trinajstić information content (AvgIpc) is 2.73. The van der Waals surface area contributed by atoms with E-state index in [9.17, 15) is 0 Å².